The molecule has 20 heavy (non-hydrogen) atoms. The van der Waals surface area contributed by atoms with Crippen LogP contribution in [0, 0.1) is 6.92 Å². The molecule has 1 N–H and O–H groups in total. The third-order valence-electron chi connectivity index (χ3n) is 2.92. The standard InChI is InChI=1S/C15H14N4O/c1-11-5-2-3-7-13(11)20-10-14-17-15(19-18-14)12-6-4-8-16-9-12/h2-9H,10H2,1H3,(H,17,18,19). The first-order valence-corrected chi connectivity index (χ1v) is 6.33. The highest BCUT2D eigenvalue weighted by atomic mass is 16.5. The molecule has 0 amide bonds. The number of nitrogens with one attached hydrogen (secondary N) is 1. The van der Waals surface area contributed by atoms with E-state index in [-0.39, 0.29) is 0 Å². The number of benzene rings is 1. The molecule has 0 aliphatic heterocycles. The highest BCUT2D eigenvalue weighted by Gasteiger charge is 2.06. The number of aryl methyl sites for hydroxylation is 1. The molecule has 0 spiro atoms. The van der Waals surface area contributed by atoms with Gasteiger partial charge in [0, 0.05) is 18.0 Å². The molecule has 5 nitrogen and oxygen atoms in total. The number of rotatable bonds is 4. The fraction of sp³-hybridized carbons (Fsp3) is 0.133. The molecular weight excluding hydrogens is 252 g/mol. The maximum atomic E-state index is 5.71. The summed E-state index contributed by atoms with van der Waals surface area (Å²) in [6.45, 7) is 2.34. The van der Waals surface area contributed by atoms with E-state index in [1.54, 1.807) is 12.4 Å². The molecule has 0 fully saturated rings. The van der Waals surface area contributed by atoms with Gasteiger partial charge in [0.2, 0.25) is 0 Å². The second-order valence-electron chi connectivity index (χ2n) is 4.40. The first-order chi connectivity index (χ1) is 9.83. The number of pyridine rings is 1. The number of ether oxygens (including phenoxy) is 1. The van der Waals surface area contributed by atoms with Gasteiger partial charge in [0.1, 0.15) is 12.4 Å². The lowest BCUT2D eigenvalue weighted by Gasteiger charge is -2.05. The normalized spacial score (nSPS) is 10.4. The Hall–Kier alpha value is -2.69. The van der Waals surface area contributed by atoms with E-state index >= 15 is 0 Å². The van der Waals surface area contributed by atoms with E-state index < -0.39 is 0 Å². The molecule has 0 unspecified atom stereocenters. The van der Waals surface area contributed by atoms with Crippen molar-refractivity contribution >= 4 is 0 Å². The van der Waals surface area contributed by atoms with Crippen molar-refractivity contribution in [2.75, 3.05) is 0 Å². The molecule has 3 rings (SSSR count). The van der Waals surface area contributed by atoms with E-state index in [1.807, 2.05) is 43.3 Å². The van der Waals surface area contributed by atoms with Crippen molar-refractivity contribution in [1.82, 2.24) is 20.2 Å². The van der Waals surface area contributed by atoms with E-state index in [9.17, 15) is 0 Å². The molecule has 0 saturated carbocycles. The molecule has 0 bridgehead atoms. The van der Waals surface area contributed by atoms with Gasteiger partial charge in [-0.05, 0) is 30.7 Å². The smallest absolute Gasteiger partial charge is 0.188 e. The van der Waals surface area contributed by atoms with Crippen LogP contribution in [-0.4, -0.2) is 20.2 Å². The van der Waals surface area contributed by atoms with Gasteiger partial charge in [-0.2, -0.15) is 5.10 Å². The van der Waals surface area contributed by atoms with Crippen LogP contribution >= 0.6 is 0 Å². The van der Waals surface area contributed by atoms with Gasteiger partial charge in [0.25, 0.3) is 0 Å². The fourth-order valence-corrected chi connectivity index (χ4v) is 1.85. The minimum absolute atomic E-state index is 0.335. The SMILES string of the molecule is Cc1ccccc1OCc1n[nH]c(-c2cccnc2)n1. The van der Waals surface area contributed by atoms with Gasteiger partial charge in [-0.3, -0.25) is 10.1 Å². The summed E-state index contributed by atoms with van der Waals surface area (Å²) < 4.78 is 5.71. The van der Waals surface area contributed by atoms with Crippen molar-refractivity contribution in [3.63, 3.8) is 0 Å². The van der Waals surface area contributed by atoms with Crippen LogP contribution in [0.25, 0.3) is 11.4 Å². The van der Waals surface area contributed by atoms with E-state index in [1.165, 1.54) is 0 Å². The highest BCUT2D eigenvalue weighted by Crippen LogP contribution is 2.18. The minimum atomic E-state index is 0.335. The molecule has 100 valence electrons. The molecule has 5 heteroatoms. The quantitative estimate of drug-likeness (QED) is 0.788. The topological polar surface area (TPSA) is 63.7 Å². The van der Waals surface area contributed by atoms with Crippen molar-refractivity contribution < 1.29 is 4.74 Å². The van der Waals surface area contributed by atoms with Crippen LogP contribution < -0.4 is 4.74 Å². The Morgan fingerprint density at radius 2 is 2.05 bits per heavy atom. The van der Waals surface area contributed by atoms with Gasteiger partial charge in [-0.15, -0.1) is 0 Å². The third-order valence-corrected chi connectivity index (χ3v) is 2.92. The first-order valence-electron chi connectivity index (χ1n) is 6.33. The lowest BCUT2D eigenvalue weighted by atomic mass is 10.2. The molecule has 2 aromatic heterocycles. The molecule has 3 aromatic rings. The molecular formula is C15H14N4O. The minimum Gasteiger partial charge on any atom is -0.485 e. The van der Waals surface area contributed by atoms with Gasteiger partial charge in [0.05, 0.1) is 0 Å². The summed E-state index contributed by atoms with van der Waals surface area (Å²) in [5, 5.41) is 7.04. The van der Waals surface area contributed by atoms with E-state index in [0.29, 0.717) is 18.3 Å². The van der Waals surface area contributed by atoms with Crippen LogP contribution in [0.5, 0.6) is 5.75 Å². The molecule has 0 aliphatic rings. The van der Waals surface area contributed by atoms with Gasteiger partial charge in [0.15, 0.2) is 11.6 Å². The Morgan fingerprint density at radius 3 is 2.85 bits per heavy atom. The second kappa shape index (κ2) is 5.52. The van der Waals surface area contributed by atoms with Crippen molar-refractivity contribution in [1.29, 1.82) is 0 Å². The number of aromatic nitrogens is 4. The zero-order valence-electron chi connectivity index (χ0n) is 11.1. The predicted octanol–water partition coefficient (Wildman–Crippen LogP) is 2.75. The van der Waals surface area contributed by atoms with Crippen LogP contribution in [0.1, 0.15) is 11.4 Å². The van der Waals surface area contributed by atoms with Gasteiger partial charge in [-0.25, -0.2) is 4.98 Å². The van der Waals surface area contributed by atoms with E-state index in [0.717, 1.165) is 16.9 Å². The van der Waals surface area contributed by atoms with Gasteiger partial charge >= 0.3 is 0 Å². The maximum absolute atomic E-state index is 5.71. The lowest BCUT2D eigenvalue weighted by molar-refractivity contribution is 0.294. The van der Waals surface area contributed by atoms with Gasteiger partial charge in [-0.1, -0.05) is 18.2 Å². The maximum Gasteiger partial charge on any atom is 0.188 e. The summed E-state index contributed by atoms with van der Waals surface area (Å²) in [5.41, 5.74) is 2.00. The van der Waals surface area contributed by atoms with E-state index in [4.69, 9.17) is 4.74 Å². The summed E-state index contributed by atoms with van der Waals surface area (Å²) >= 11 is 0. The Kier molecular flexibility index (Phi) is 3.41. The van der Waals surface area contributed by atoms with Crippen LogP contribution in [0.2, 0.25) is 0 Å². The molecule has 1 aromatic carbocycles. The lowest BCUT2D eigenvalue weighted by Crippen LogP contribution is -1.98. The van der Waals surface area contributed by atoms with Crippen LogP contribution in [0.15, 0.2) is 48.8 Å². The Bertz CT molecular complexity index is 694. The summed E-state index contributed by atoms with van der Waals surface area (Å²) in [6, 6.07) is 11.7. The monoisotopic (exact) mass is 266 g/mol. The summed E-state index contributed by atoms with van der Waals surface area (Å²) in [4.78, 5) is 8.45. The highest BCUT2D eigenvalue weighted by molar-refractivity contribution is 5.52. The molecule has 0 radical (unpaired) electrons. The zero-order chi connectivity index (χ0) is 13.8. The van der Waals surface area contributed by atoms with Crippen molar-refractivity contribution in [3.8, 4) is 17.1 Å². The number of nitrogens with zero attached hydrogens (tertiary/aromatic N) is 3. The number of aromatic amines is 1. The average molecular weight is 266 g/mol. The van der Waals surface area contributed by atoms with E-state index in [2.05, 4.69) is 20.2 Å². The Labute approximate surface area is 116 Å². The number of H-pyrrole nitrogens is 1. The molecule has 0 aliphatic carbocycles. The van der Waals surface area contributed by atoms with Crippen LogP contribution in [0.4, 0.5) is 0 Å². The largest absolute Gasteiger partial charge is 0.485 e. The summed E-state index contributed by atoms with van der Waals surface area (Å²) in [6.07, 6.45) is 3.47. The molecule has 0 saturated heterocycles. The average Bonchev–Trinajstić information content (AvgIpc) is 2.96. The number of para-hydroxylation sites is 1. The van der Waals surface area contributed by atoms with Crippen molar-refractivity contribution in [3.05, 3.63) is 60.2 Å². The summed E-state index contributed by atoms with van der Waals surface area (Å²) in [7, 11) is 0. The van der Waals surface area contributed by atoms with Crippen molar-refractivity contribution in [2.24, 2.45) is 0 Å². The van der Waals surface area contributed by atoms with Crippen LogP contribution in [-0.2, 0) is 6.61 Å². The zero-order valence-corrected chi connectivity index (χ0v) is 11.1. The fourth-order valence-electron chi connectivity index (χ4n) is 1.85. The van der Waals surface area contributed by atoms with Crippen molar-refractivity contribution in [2.45, 2.75) is 13.5 Å². The second-order valence-corrected chi connectivity index (χ2v) is 4.40. The van der Waals surface area contributed by atoms with Crippen LogP contribution in [0.3, 0.4) is 0 Å². The predicted molar refractivity (Wildman–Crippen MR) is 75.1 cm³/mol. The molecule has 0 atom stereocenters. The van der Waals surface area contributed by atoms with Gasteiger partial charge < -0.3 is 4.74 Å². The summed E-state index contributed by atoms with van der Waals surface area (Å²) in [5.74, 6) is 2.16. The number of hydrogen-bond donors (Lipinski definition) is 1. The number of hydrogen-bond acceptors (Lipinski definition) is 4. The first kappa shape index (κ1) is 12.3. The Balaban J connectivity index is 1.71. The molecule has 2 heterocycles. The third kappa shape index (κ3) is 2.66. The Morgan fingerprint density at radius 1 is 1.15 bits per heavy atom.